The van der Waals surface area contributed by atoms with Crippen molar-refractivity contribution in [2.24, 2.45) is 0 Å². The lowest BCUT2D eigenvalue weighted by Crippen LogP contribution is -2.43. The number of likely N-dealkylation sites (tertiary alicyclic amines) is 1. The van der Waals surface area contributed by atoms with E-state index in [0.29, 0.717) is 29.9 Å². The number of pyridine rings is 1. The first kappa shape index (κ1) is 21.1. The van der Waals surface area contributed by atoms with Crippen LogP contribution in [0.3, 0.4) is 0 Å². The molecule has 4 aromatic rings. The number of carbonyl (C=O) groups is 1. The van der Waals surface area contributed by atoms with Crippen molar-refractivity contribution in [3.63, 3.8) is 0 Å². The molecule has 9 nitrogen and oxygen atoms in total. The highest BCUT2D eigenvalue weighted by atomic mass is 16.6. The summed E-state index contributed by atoms with van der Waals surface area (Å²) in [6.07, 6.45) is 4.64. The van der Waals surface area contributed by atoms with Crippen LogP contribution in [0.25, 0.3) is 33.2 Å². The van der Waals surface area contributed by atoms with Gasteiger partial charge in [0.15, 0.2) is 5.65 Å². The molecule has 1 aromatic carbocycles. The number of para-hydroxylation sites is 1. The van der Waals surface area contributed by atoms with Gasteiger partial charge < -0.3 is 15.4 Å². The predicted molar refractivity (Wildman–Crippen MR) is 127 cm³/mol. The van der Waals surface area contributed by atoms with E-state index in [1.165, 1.54) is 6.33 Å². The van der Waals surface area contributed by atoms with Crippen molar-refractivity contribution in [2.45, 2.75) is 45.3 Å². The van der Waals surface area contributed by atoms with Crippen molar-refractivity contribution in [3.8, 4) is 11.3 Å². The summed E-state index contributed by atoms with van der Waals surface area (Å²) in [5, 5.41) is 6.68. The monoisotopic (exact) mass is 445 g/mol. The normalized spacial score (nSPS) is 16.9. The van der Waals surface area contributed by atoms with E-state index in [1.807, 2.05) is 55.8 Å². The molecule has 170 valence electrons. The predicted octanol–water partition coefficient (Wildman–Crippen LogP) is 4.20. The Morgan fingerprint density at radius 3 is 2.79 bits per heavy atom. The number of benzene rings is 1. The highest BCUT2D eigenvalue weighted by Crippen LogP contribution is 2.36. The van der Waals surface area contributed by atoms with Gasteiger partial charge >= 0.3 is 6.09 Å². The number of nitrogen functional groups attached to an aromatic ring is 1. The van der Waals surface area contributed by atoms with Gasteiger partial charge in [-0.2, -0.15) is 5.10 Å². The van der Waals surface area contributed by atoms with Gasteiger partial charge in [0.25, 0.3) is 0 Å². The average molecular weight is 446 g/mol. The second-order valence-electron chi connectivity index (χ2n) is 9.35. The van der Waals surface area contributed by atoms with Gasteiger partial charge in [0.05, 0.1) is 16.9 Å². The lowest BCUT2D eigenvalue weighted by molar-refractivity contribution is 0.0169. The summed E-state index contributed by atoms with van der Waals surface area (Å²) in [4.78, 5) is 27.7. The lowest BCUT2D eigenvalue weighted by Gasteiger charge is -2.34. The third-order valence-electron chi connectivity index (χ3n) is 5.82. The van der Waals surface area contributed by atoms with Crippen LogP contribution in [-0.4, -0.2) is 54.4 Å². The fourth-order valence-corrected chi connectivity index (χ4v) is 4.39. The van der Waals surface area contributed by atoms with Crippen LogP contribution in [0.2, 0.25) is 0 Å². The Bertz CT molecular complexity index is 1340. The number of fused-ring (bicyclic) bond motifs is 2. The maximum Gasteiger partial charge on any atom is 0.410 e. The average Bonchev–Trinajstić information content (AvgIpc) is 3.18. The van der Waals surface area contributed by atoms with Crippen molar-refractivity contribution < 1.29 is 9.53 Å². The fraction of sp³-hybridized carbons (Fsp3) is 0.375. The number of piperidine rings is 1. The molecule has 1 saturated heterocycles. The zero-order valence-corrected chi connectivity index (χ0v) is 19.0. The Morgan fingerprint density at radius 2 is 1.97 bits per heavy atom. The number of rotatable bonds is 2. The molecule has 0 radical (unpaired) electrons. The highest BCUT2D eigenvalue weighted by molar-refractivity contribution is 6.05. The van der Waals surface area contributed by atoms with Gasteiger partial charge in [0.2, 0.25) is 0 Å². The molecule has 0 aliphatic carbocycles. The zero-order valence-electron chi connectivity index (χ0n) is 19.0. The van der Waals surface area contributed by atoms with Crippen LogP contribution in [0.1, 0.15) is 39.7 Å². The van der Waals surface area contributed by atoms with Crippen LogP contribution in [0.15, 0.2) is 42.9 Å². The van der Waals surface area contributed by atoms with E-state index < -0.39 is 5.60 Å². The first-order valence-electron chi connectivity index (χ1n) is 11.1. The molecule has 0 saturated carbocycles. The minimum absolute atomic E-state index is 0.0510. The van der Waals surface area contributed by atoms with E-state index in [9.17, 15) is 4.79 Å². The number of hydrogen-bond donors (Lipinski definition) is 1. The van der Waals surface area contributed by atoms with Crippen molar-refractivity contribution in [1.29, 1.82) is 0 Å². The lowest BCUT2D eigenvalue weighted by atomic mass is 10.0. The van der Waals surface area contributed by atoms with Crippen LogP contribution in [0.5, 0.6) is 0 Å². The molecule has 3 aromatic heterocycles. The van der Waals surface area contributed by atoms with Crippen LogP contribution in [-0.2, 0) is 4.74 Å². The minimum atomic E-state index is -0.542. The van der Waals surface area contributed by atoms with Gasteiger partial charge in [-0.1, -0.05) is 18.2 Å². The standard InChI is InChI=1S/C24H27N7O2/c1-24(2,3)33-23(32)30-12-6-7-15(13-30)31-22-19(21(25)27-14-28-22)20(29-31)17-10-11-26-18-9-5-4-8-16(17)18/h4-5,8-11,14-15H,6-7,12-13H2,1-3H3,(H2,25,27,28)/t15-/m1/s1. The van der Waals surface area contributed by atoms with Crippen LogP contribution in [0, 0.1) is 0 Å². The Balaban J connectivity index is 1.59. The summed E-state index contributed by atoms with van der Waals surface area (Å²) >= 11 is 0. The van der Waals surface area contributed by atoms with Crippen molar-refractivity contribution >= 4 is 33.8 Å². The SMILES string of the molecule is CC(C)(C)OC(=O)N1CCC[C@@H](n2nc(-c3ccnc4ccccc34)c3c(N)ncnc32)C1. The van der Waals surface area contributed by atoms with Crippen LogP contribution >= 0.6 is 0 Å². The van der Waals surface area contributed by atoms with E-state index in [0.717, 1.165) is 35.0 Å². The van der Waals surface area contributed by atoms with Crippen LogP contribution in [0.4, 0.5) is 10.6 Å². The molecule has 4 heterocycles. The zero-order chi connectivity index (χ0) is 23.2. The number of ether oxygens (including phenoxy) is 1. The molecule has 0 bridgehead atoms. The van der Waals surface area contributed by atoms with Crippen LogP contribution < -0.4 is 5.73 Å². The molecule has 2 N–H and O–H groups in total. The van der Waals surface area contributed by atoms with Gasteiger partial charge in [-0.25, -0.2) is 19.4 Å². The smallest absolute Gasteiger partial charge is 0.410 e. The Kier molecular flexibility index (Phi) is 5.11. The molecule has 1 aliphatic rings. The Labute approximate surface area is 191 Å². The third-order valence-corrected chi connectivity index (χ3v) is 5.82. The van der Waals surface area contributed by atoms with Gasteiger partial charge in [-0.3, -0.25) is 4.98 Å². The number of amides is 1. The van der Waals surface area contributed by atoms with Gasteiger partial charge in [-0.05, 0) is 45.7 Å². The second-order valence-corrected chi connectivity index (χ2v) is 9.35. The molecule has 5 rings (SSSR count). The molecule has 33 heavy (non-hydrogen) atoms. The first-order valence-corrected chi connectivity index (χ1v) is 11.1. The maximum atomic E-state index is 12.7. The largest absolute Gasteiger partial charge is 0.444 e. The molecule has 0 unspecified atom stereocenters. The maximum absolute atomic E-state index is 12.7. The molecule has 0 spiro atoms. The molecule has 1 amide bonds. The van der Waals surface area contributed by atoms with Crippen molar-refractivity contribution in [3.05, 3.63) is 42.9 Å². The van der Waals surface area contributed by atoms with Crippen molar-refractivity contribution in [2.75, 3.05) is 18.8 Å². The topological polar surface area (TPSA) is 112 Å². The number of nitrogens with two attached hydrogens (primary N) is 1. The summed E-state index contributed by atoms with van der Waals surface area (Å²) in [5.74, 6) is 0.377. The highest BCUT2D eigenvalue weighted by Gasteiger charge is 2.31. The molecule has 9 heteroatoms. The van der Waals surface area contributed by atoms with Gasteiger partial charge in [-0.15, -0.1) is 0 Å². The molecular weight excluding hydrogens is 418 g/mol. The second kappa shape index (κ2) is 7.99. The summed E-state index contributed by atoms with van der Waals surface area (Å²) in [7, 11) is 0. The van der Waals surface area contributed by atoms with Gasteiger partial charge in [0.1, 0.15) is 23.4 Å². The van der Waals surface area contributed by atoms with E-state index >= 15 is 0 Å². The third kappa shape index (κ3) is 3.94. The van der Waals surface area contributed by atoms with E-state index in [2.05, 4.69) is 15.0 Å². The number of aromatic nitrogens is 5. The Hall–Kier alpha value is -3.75. The number of hydrogen-bond acceptors (Lipinski definition) is 7. The molecule has 1 aliphatic heterocycles. The molecule has 1 fully saturated rings. The van der Waals surface area contributed by atoms with E-state index in [4.69, 9.17) is 15.6 Å². The summed E-state index contributed by atoms with van der Waals surface area (Å²) in [6.45, 7) is 6.77. The molecule has 1 atom stereocenters. The number of anilines is 1. The first-order chi connectivity index (χ1) is 15.8. The minimum Gasteiger partial charge on any atom is -0.444 e. The summed E-state index contributed by atoms with van der Waals surface area (Å²) in [6, 6.07) is 9.82. The summed E-state index contributed by atoms with van der Waals surface area (Å²) < 4.78 is 7.49. The Morgan fingerprint density at radius 1 is 1.15 bits per heavy atom. The fourth-order valence-electron chi connectivity index (χ4n) is 4.39. The van der Waals surface area contributed by atoms with Gasteiger partial charge in [0, 0.05) is 30.2 Å². The van der Waals surface area contributed by atoms with E-state index in [1.54, 1.807) is 11.1 Å². The van der Waals surface area contributed by atoms with Crippen molar-refractivity contribution in [1.82, 2.24) is 29.6 Å². The number of nitrogens with zero attached hydrogens (tertiary/aromatic N) is 6. The molecular formula is C24H27N7O2. The quantitative estimate of drug-likeness (QED) is 0.492. The van der Waals surface area contributed by atoms with E-state index in [-0.39, 0.29) is 12.1 Å². The summed E-state index contributed by atoms with van der Waals surface area (Å²) in [5.41, 5.74) is 8.96. The number of carbonyl (C=O) groups excluding carboxylic acids is 1.